The van der Waals surface area contributed by atoms with E-state index in [1.807, 2.05) is 18.2 Å². The first-order chi connectivity index (χ1) is 6.88. The zero-order valence-corrected chi connectivity index (χ0v) is 8.36. The fourth-order valence-corrected chi connectivity index (χ4v) is 1.49. The molecule has 1 rings (SSSR count). The number of carbonyl (C=O) groups excluding carboxylic acids is 1. The van der Waals surface area contributed by atoms with Crippen molar-refractivity contribution in [3.63, 3.8) is 0 Å². The van der Waals surface area contributed by atoms with E-state index >= 15 is 0 Å². The van der Waals surface area contributed by atoms with Crippen LogP contribution in [0.2, 0.25) is 0 Å². The summed E-state index contributed by atoms with van der Waals surface area (Å²) < 4.78 is 0. The van der Waals surface area contributed by atoms with Gasteiger partial charge in [-0.25, -0.2) is 0 Å². The van der Waals surface area contributed by atoms with Gasteiger partial charge in [-0.05, 0) is 18.6 Å². The molecular formula is C11H15N2O. The maximum absolute atomic E-state index is 10.1. The zero-order valence-electron chi connectivity index (χ0n) is 8.36. The van der Waals surface area contributed by atoms with E-state index in [1.54, 1.807) is 12.6 Å². The molecule has 1 unspecified atom stereocenters. The Kier molecular flexibility index (Phi) is 4.69. The summed E-state index contributed by atoms with van der Waals surface area (Å²) in [4.78, 5) is 14.4. The lowest BCUT2D eigenvalue weighted by molar-refractivity contribution is 0.523. The van der Waals surface area contributed by atoms with Gasteiger partial charge in [-0.15, -0.1) is 0 Å². The Labute approximate surface area is 84.6 Å². The first-order valence-corrected chi connectivity index (χ1v) is 4.89. The second-order valence-electron chi connectivity index (χ2n) is 3.22. The van der Waals surface area contributed by atoms with E-state index in [4.69, 9.17) is 0 Å². The minimum atomic E-state index is 0.308. The average Bonchev–Trinajstić information content (AvgIpc) is 2.25. The van der Waals surface area contributed by atoms with Crippen LogP contribution in [0.15, 0.2) is 24.4 Å². The van der Waals surface area contributed by atoms with Crippen LogP contribution in [0.5, 0.6) is 0 Å². The number of hydrogen-bond acceptors (Lipinski definition) is 2. The molecule has 0 spiro atoms. The van der Waals surface area contributed by atoms with Crippen LogP contribution < -0.4 is 5.32 Å². The van der Waals surface area contributed by atoms with Gasteiger partial charge in [0.25, 0.3) is 0 Å². The molecule has 1 N–H and O–H groups in total. The number of pyridine rings is 1. The normalized spacial score (nSPS) is 12.1. The molecule has 1 aromatic rings. The molecule has 0 bridgehead atoms. The Morgan fingerprint density at radius 1 is 1.57 bits per heavy atom. The Morgan fingerprint density at radius 2 is 2.43 bits per heavy atom. The Morgan fingerprint density at radius 3 is 3.00 bits per heavy atom. The number of nitrogens with zero attached hydrogens (tertiary/aromatic N) is 1. The van der Waals surface area contributed by atoms with Crippen molar-refractivity contribution in [3.05, 3.63) is 30.1 Å². The van der Waals surface area contributed by atoms with Gasteiger partial charge in [0, 0.05) is 24.4 Å². The highest BCUT2D eigenvalue weighted by atomic mass is 16.1. The van der Waals surface area contributed by atoms with Gasteiger partial charge in [0.05, 0.1) is 0 Å². The minimum Gasteiger partial charge on any atom is -0.347 e. The lowest BCUT2D eigenvalue weighted by Gasteiger charge is -2.13. The highest BCUT2D eigenvalue weighted by Crippen LogP contribution is 2.17. The summed E-state index contributed by atoms with van der Waals surface area (Å²) in [5.41, 5.74) is 1.04. The molecule has 0 saturated heterocycles. The molecule has 1 atom stereocenters. The third-order valence-electron chi connectivity index (χ3n) is 2.16. The molecule has 1 amide bonds. The van der Waals surface area contributed by atoms with E-state index in [9.17, 15) is 4.79 Å². The van der Waals surface area contributed by atoms with E-state index in [0.717, 1.165) is 18.5 Å². The van der Waals surface area contributed by atoms with Crippen LogP contribution in [0, 0.1) is 0 Å². The maximum atomic E-state index is 10.1. The topological polar surface area (TPSA) is 42.0 Å². The van der Waals surface area contributed by atoms with Crippen molar-refractivity contribution >= 4 is 6.41 Å². The molecule has 0 aliphatic rings. The van der Waals surface area contributed by atoms with E-state index in [0.29, 0.717) is 12.5 Å². The number of nitrogens with one attached hydrogen (secondary N) is 1. The third-order valence-corrected chi connectivity index (χ3v) is 2.16. The number of rotatable bonds is 6. The van der Waals surface area contributed by atoms with Gasteiger partial charge in [-0.2, -0.15) is 0 Å². The summed E-state index contributed by atoms with van der Waals surface area (Å²) in [6, 6.07) is 5.86. The van der Waals surface area contributed by atoms with Crippen molar-refractivity contribution in [1.29, 1.82) is 0 Å². The Bertz CT molecular complexity index is 261. The van der Waals surface area contributed by atoms with Crippen molar-refractivity contribution in [1.82, 2.24) is 10.3 Å². The van der Waals surface area contributed by atoms with Crippen LogP contribution in [-0.4, -0.2) is 17.9 Å². The highest BCUT2D eigenvalue weighted by Gasteiger charge is 2.10. The second-order valence-corrected chi connectivity index (χ2v) is 3.22. The van der Waals surface area contributed by atoms with Gasteiger partial charge in [-0.3, -0.25) is 9.78 Å². The van der Waals surface area contributed by atoms with Gasteiger partial charge >= 0.3 is 6.41 Å². The maximum Gasteiger partial charge on any atom is 0.309 e. The molecule has 0 aromatic carbocycles. The van der Waals surface area contributed by atoms with Crippen LogP contribution in [0.3, 0.4) is 0 Å². The van der Waals surface area contributed by atoms with E-state index < -0.39 is 0 Å². The van der Waals surface area contributed by atoms with Crippen LogP contribution >= 0.6 is 0 Å². The first kappa shape index (κ1) is 10.7. The smallest absolute Gasteiger partial charge is 0.309 e. The van der Waals surface area contributed by atoms with E-state index in [-0.39, 0.29) is 0 Å². The highest BCUT2D eigenvalue weighted by molar-refractivity contribution is 5.47. The van der Waals surface area contributed by atoms with Crippen molar-refractivity contribution in [2.45, 2.75) is 25.7 Å². The summed E-state index contributed by atoms with van der Waals surface area (Å²) in [5, 5.41) is 2.59. The van der Waals surface area contributed by atoms with Crippen molar-refractivity contribution in [2.75, 3.05) is 6.54 Å². The number of hydrogen-bond donors (Lipinski definition) is 1. The molecule has 3 heteroatoms. The molecule has 0 saturated carbocycles. The summed E-state index contributed by atoms with van der Waals surface area (Å²) >= 11 is 0. The van der Waals surface area contributed by atoms with Gasteiger partial charge < -0.3 is 5.32 Å². The van der Waals surface area contributed by atoms with Crippen LogP contribution in [0.4, 0.5) is 0 Å². The predicted molar refractivity (Wildman–Crippen MR) is 55.6 cm³/mol. The lowest BCUT2D eigenvalue weighted by atomic mass is 9.99. The van der Waals surface area contributed by atoms with E-state index in [2.05, 4.69) is 17.2 Å². The van der Waals surface area contributed by atoms with Crippen LogP contribution in [-0.2, 0) is 4.79 Å². The molecule has 1 aromatic heterocycles. The molecule has 1 radical (unpaired) electrons. The van der Waals surface area contributed by atoms with Gasteiger partial charge in [0.1, 0.15) is 0 Å². The quantitative estimate of drug-likeness (QED) is 0.694. The second kappa shape index (κ2) is 6.13. The summed E-state index contributed by atoms with van der Waals surface area (Å²) in [7, 11) is 0. The average molecular weight is 191 g/mol. The molecule has 75 valence electrons. The monoisotopic (exact) mass is 191 g/mol. The Hall–Kier alpha value is -1.38. The SMILES string of the molecule is CCCC(CN[C]=O)c1ccccn1. The minimum absolute atomic E-state index is 0.308. The molecule has 14 heavy (non-hydrogen) atoms. The molecule has 0 aliphatic heterocycles. The summed E-state index contributed by atoms with van der Waals surface area (Å²) in [6.45, 7) is 2.74. The van der Waals surface area contributed by atoms with Crippen molar-refractivity contribution < 1.29 is 4.79 Å². The fourth-order valence-electron chi connectivity index (χ4n) is 1.49. The molecule has 0 fully saturated rings. The van der Waals surface area contributed by atoms with Crippen LogP contribution in [0.25, 0.3) is 0 Å². The molecule has 1 heterocycles. The lowest BCUT2D eigenvalue weighted by Crippen LogP contribution is -2.20. The van der Waals surface area contributed by atoms with Crippen molar-refractivity contribution in [3.8, 4) is 0 Å². The zero-order chi connectivity index (χ0) is 10.2. The number of amides is 1. The van der Waals surface area contributed by atoms with Gasteiger partial charge in [0.15, 0.2) is 0 Å². The Balaban J connectivity index is 2.62. The van der Waals surface area contributed by atoms with Crippen molar-refractivity contribution in [2.24, 2.45) is 0 Å². The summed E-state index contributed by atoms with van der Waals surface area (Å²) in [5.74, 6) is 0.308. The fraction of sp³-hybridized carbons (Fsp3) is 0.455. The third kappa shape index (κ3) is 3.17. The first-order valence-electron chi connectivity index (χ1n) is 4.89. The largest absolute Gasteiger partial charge is 0.347 e. The molecular weight excluding hydrogens is 176 g/mol. The number of aromatic nitrogens is 1. The predicted octanol–water partition coefficient (Wildman–Crippen LogP) is 1.62. The summed E-state index contributed by atoms with van der Waals surface area (Å²) in [6.07, 6.45) is 5.60. The van der Waals surface area contributed by atoms with Gasteiger partial charge in [-0.1, -0.05) is 19.4 Å². The standard InChI is InChI=1S/C11H15N2O/c1-2-5-10(8-12-9-14)11-6-3-4-7-13-11/h3-4,6-7,10H,2,5,8H2,1H3,(H,12,14). The van der Waals surface area contributed by atoms with Crippen LogP contribution in [0.1, 0.15) is 31.4 Å². The van der Waals surface area contributed by atoms with E-state index in [1.165, 1.54) is 0 Å². The molecule has 3 nitrogen and oxygen atoms in total. The van der Waals surface area contributed by atoms with Gasteiger partial charge in [0.2, 0.25) is 0 Å². The molecule has 0 aliphatic carbocycles.